The molecule has 0 radical (unpaired) electrons. The van der Waals surface area contributed by atoms with Gasteiger partial charge < -0.3 is 4.74 Å². The van der Waals surface area contributed by atoms with Crippen LogP contribution in [-0.4, -0.2) is 18.2 Å². The first-order chi connectivity index (χ1) is 16.2. The van der Waals surface area contributed by atoms with Crippen molar-refractivity contribution >= 4 is 11.6 Å². The molecule has 0 aliphatic carbocycles. The first-order valence-electron chi connectivity index (χ1n) is 10.9. The van der Waals surface area contributed by atoms with Crippen molar-refractivity contribution in [1.82, 2.24) is 5.43 Å². The van der Waals surface area contributed by atoms with Gasteiger partial charge >= 0.3 is 0 Å². The Morgan fingerprint density at radius 3 is 1.76 bits per heavy atom. The van der Waals surface area contributed by atoms with E-state index in [9.17, 15) is 4.79 Å². The van der Waals surface area contributed by atoms with Gasteiger partial charge in [0, 0.05) is 11.6 Å². The summed E-state index contributed by atoms with van der Waals surface area (Å²) < 4.78 is 5.64. The summed E-state index contributed by atoms with van der Waals surface area (Å²) in [4.78, 5) is 12.4. The average Bonchev–Trinajstić information content (AvgIpc) is 2.88. The quantitative estimate of drug-likeness (QED) is 0.271. The molecule has 0 heterocycles. The van der Waals surface area contributed by atoms with Gasteiger partial charge in [0.15, 0.2) is 6.61 Å². The van der Waals surface area contributed by atoms with Crippen LogP contribution in [0.2, 0.25) is 0 Å². The van der Waals surface area contributed by atoms with Gasteiger partial charge in [0.2, 0.25) is 0 Å². The summed E-state index contributed by atoms with van der Waals surface area (Å²) in [6, 6.07) is 38.1. The van der Waals surface area contributed by atoms with Gasteiger partial charge in [-0.2, -0.15) is 5.10 Å². The second-order valence-corrected chi connectivity index (χ2v) is 7.72. The molecular formula is C29H26N2O2. The third kappa shape index (κ3) is 5.95. The molecule has 0 bridgehead atoms. The van der Waals surface area contributed by atoms with Gasteiger partial charge in [0.05, 0.1) is 0 Å². The number of nitrogens with one attached hydrogen (secondary N) is 1. The molecule has 0 aliphatic heterocycles. The van der Waals surface area contributed by atoms with Gasteiger partial charge in [0.1, 0.15) is 5.75 Å². The lowest BCUT2D eigenvalue weighted by Gasteiger charge is -2.18. The highest BCUT2D eigenvalue weighted by molar-refractivity contribution is 5.93. The average molecular weight is 435 g/mol. The summed E-state index contributed by atoms with van der Waals surface area (Å²) >= 11 is 0. The standard InChI is InChI=1S/C29H26N2O2/c1-22(29(25-13-7-3-8-14-25)26-15-9-4-10-16-26)30-31-28(32)21-33-27-19-17-24(18-20-27)23-11-5-2-6-12-23/h2-20,29H,21H2,1H3,(H,31,32)/b30-22+. The molecule has 33 heavy (non-hydrogen) atoms. The minimum Gasteiger partial charge on any atom is -0.484 e. The smallest absolute Gasteiger partial charge is 0.277 e. The molecule has 0 atom stereocenters. The fourth-order valence-electron chi connectivity index (χ4n) is 3.74. The summed E-state index contributed by atoms with van der Waals surface area (Å²) in [6.45, 7) is 1.82. The second kappa shape index (κ2) is 10.9. The number of carbonyl (C=O) groups is 1. The number of carbonyl (C=O) groups excluding carboxylic acids is 1. The molecule has 0 unspecified atom stereocenters. The first-order valence-corrected chi connectivity index (χ1v) is 10.9. The van der Waals surface area contributed by atoms with Crippen LogP contribution >= 0.6 is 0 Å². The first kappa shape index (κ1) is 22.0. The Bertz CT molecular complexity index is 1150. The summed E-state index contributed by atoms with van der Waals surface area (Å²) in [7, 11) is 0. The lowest BCUT2D eigenvalue weighted by atomic mass is 9.88. The van der Waals surface area contributed by atoms with Crippen LogP contribution in [0.3, 0.4) is 0 Å². The van der Waals surface area contributed by atoms with Gasteiger partial charge in [-0.1, -0.05) is 103 Å². The SMILES string of the molecule is C/C(=N\NC(=O)COc1ccc(-c2ccccc2)cc1)C(c1ccccc1)c1ccccc1. The number of rotatable bonds is 8. The van der Waals surface area contributed by atoms with Crippen LogP contribution in [0, 0.1) is 0 Å². The Kier molecular flexibility index (Phi) is 7.29. The van der Waals surface area contributed by atoms with E-state index in [0.717, 1.165) is 28.0 Å². The molecule has 164 valence electrons. The van der Waals surface area contributed by atoms with Crippen molar-refractivity contribution in [2.45, 2.75) is 12.8 Å². The zero-order valence-electron chi connectivity index (χ0n) is 18.5. The Balaban J connectivity index is 1.38. The lowest BCUT2D eigenvalue weighted by Crippen LogP contribution is -2.26. The Morgan fingerprint density at radius 2 is 1.21 bits per heavy atom. The normalized spacial score (nSPS) is 11.3. The van der Waals surface area contributed by atoms with E-state index < -0.39 is 0 Å². The van der Waals surface area contributed by atoms with E-state index >= 15 is 0 Å². The van der Waals surface area contributed by atoms with E-state index in [4.69, 9.17) is 4.74 Å². The maximum atomic E-state index is 12.4. The number of amides is 1. The highest BCUT2D eigenvalue weighted by atomic mass is 16.5. The maximum Gasteiger partial charge on any atom is 0.277 e. The molecule has 4 aromatic rings. The van der Waals surface area contributed by atoms with Crippen molar-refractivity contribution in [3.63, 3.8) is 0 Å². The molecular weight excluding hydrogens is 408 g/mol. The lowest BCUT2D eigenvalue weighted by molar-refractivity contribution is -0.123. The Labute approximate surface area is 194 Å². The topological polar surface area (TPSA) is 50.7 Å². The monoisotopic (exact) mass is 434 g/mol. The fraction of sp³-hybridized carbons (Fsp3) is 0.103. The summed E-state index contributed by atoms with van der Waals surface area (Å²) in [6.07, 6.45) is 0. The van der Waals surface area contributed by atoms with Crippen molar-refractivity contribution in [2.24, 2.45) is 5.10 Å². The van der Waals surface area contributed by atoms with Crippen LogP contribution in [0.15, 0.2) is 120 Å². The van der Waals surface area contributed by atoms with Crippen LogP contribution in [0.5, 0.6) is 5.75 Å². The van der Waals surface area contributed by atoms with Crippen molar-refractivity contribution in [3.8, 4) is 16.9 Å². The molecule has 0 saturated carbocycles. The zero-order valence-corrected chi connectivity index (χ0v) is 18.5. The van der Waals surface area contributed by atoms with Crippen molar-refractivity contribution in [2.75, 3.05) is 6.61 Å². The molecule has 4 heteroatoms. The third-order valence-corrected chi connectivity index (χ3v) is 5.37. The number of hydrazone groups is 1. The largest absolute Gasteiger partial charge is 0.484 e. The van der Waals surface area contributed by atoms with Crippen LogP contribution in [-0.2, 0) is 4.79 Å². The predicted molar refractivity (Wildman–Crippen MR) is 133 cm³/mol. The van der Waals surface area contributed by atoms with Crippen molar-refractivity contribution in [1.29, 1.82) is 0 Å². The predicted octanol–water partition coefficient (Wildman–Crippen LogP) is 6.06. The van der Waals surface area contributed by atoms with Crippen molar-refractivity contribution < 1.29 is 9.53 Å². The van der Waals surface area contributed by atoms with Gasteiger partial charge in [0.25, 0.3) is 5.91 Å². The zero-order chi connectivity index (χ0) is 22.9. The Morgan fingerprint density at radius 1 is 0.727 bits per heavy atom. The van der Waals surface area contributed by atoms with E-state index in [-0.39, 0.29) is 18.4 Å². The minimum atomic E-state index is -0.304. The van der Waals surface area contributed by atoms with Gasteiger partial charge in [-0.3, -0.25) is 4.79 Å². The molecule has 1 N–H and O–H groups in total. The second-order valence-electron chi connectivity index (χ2n) is 7.72. The number of benzene rings is 4. The molecule has 0 fully saturated rings. The molecule has 4 rings (SSSR count). The number of nitrogens with zero attached hydrogens (tertiary/aromatic N) is 1. The highest BCUT2D eigenvalue weighted by Crippen LogP contribution is 2.26. The molecule has 0 aromatic heterocycles. The highest BCUT2D eigenvalue weighted by Gasteiger charge is 2.17. The summed E-state index contributed by atoms with van der Waals surface area (Å²) in [5.41, 5.74) is 7.91. The summed E-state index contributed by atoms with van der Waals surface area (Å²) in [5, 5.41) is 4.38. The van der Waals surface area contributed by atoms with Gasteiger partial charge in [-0.25, -0.2) is 5.43 Å². The van der Waals surface area contributed by atoms with Crippen LogP contribution in [0.4, 0.5) is 0 Å². The maximum absolute atomic E-state index is 12.4. The molecule has 0 aliphatic rings. The molecule has 0 spiro atoms. The van der Waals surface area contributed by atoms with E-state index in [2.05, 4.69) is 46.9 Å². The third-order valence-electron chi connectivity index (χ3n) is 5.37. The Hall–Kier alpha value is -4.18. The van der Waals surface area contributed by atoms with Gasteiger partial charge in [-0.15, -0.1) is 0 Å². The van der Waals surface area contributed by atoms with Crippen LogP contribution < -0.4 is 10.2 Å². The van der Waals surface area contributed by atoms with Crippen molar-refractivity contribution in [3.05, 3.63) is 126 Å². The van der Waals surface area contributed by atoms with E-state index in [1.54, 1.807) is 0 Å². The molecule has 0 saturated heterocycles. The summed E-state index contributed by atoms with van der Waals surface area (Å²) in [5.74, 6) is 0.289. The minimum absolute atomic E-state index is 0.0425. The van der Waals surface area contributed by atoms with Crippen LogP contribution in [0.25, 0.3) is 11.1 Å². The number of hydrogen-bond acceptors (Lipinski definition) is 3. The molecule has 4 aromatic carbocycles. The van der Waals surface area contributed by atoms with E-state index in [1.807, 2.05) is 85.8 Å². The van der Waals surface area contributed by atoms with Crippen LogP contribution in [0.1, 0.15) is 24.0 Å². The molecule has 4 nitrogen and oxygen atoms in total. The van der Waals surface area contributed by atoms with Gasteiger partial charge in [-0.05, 0) is 41.3 Å². The van der Waals surface area contributed by atoms with E-state index in [1.165, 1.54) is 0 Å². The number of ether oxygens (including phenoxy) is 1. The fourth-order valence-corrected chi connectivity index (χ4v) is 3.74. The molecule has 1 amide bonds. The number of hydrogen-bond donors (Lipinski definition) is 1. The van der Waals surface area contributed by atoms with E-state index in [0.29, 0.717) is 5.75 Å².